The third-order valence-electron chi connectivity index (χ3n) is 13.5. The number of likely N-dealkylation sites (N-methyl/N-ethyl adjacent to an activating group) is 1. The summed E-state index contributed by atoms with van der Waals surface area (Å²) in [5.74, 6) is -2.03. The second kappa shape index (κ2) is 60.1. The second-order valence-electron chi connectivity index (χ2n) is 22.3. The average Bonchev–Trinajstić information content (AvgIpc) is 3.42. The van der Waals surface area contributed by atoms with Gasteiger partial charge in [0.1, 0.15) is 13.2 Å². The highest BCUT2D eigenvalue weighted by molar-refractivity contribution is 5.71. The van der Waals surface area contributed by atoms with E-state index in [2.05, 4.69) is 123 Å². The molecule has 2 unspecified atom stereocenters. The van der Waals surface area contributed by atoms with Crippen LogP contribution in [0.3, 0.4) is 0 Å². The smallest absolute Gasteiger partial charge is 0.361 e. The van der Waals surface area contributed by atoms with Crippen molar-refractivity contribution in [3.63, 3.8) is 0 Å². The van der Waals surface area contributed by atoms with Crippen molar-refractivity contribution in [1.29, 1.82) is 0 Å². The fourth-order valence-corrected chi connectivity index (χ4v) is 8.61. The van der Waals surface area contributed by atoms with Crippen LogP contribution in [0.25, 0.3) is 0 Å². The molecule has 79 heavy (non-hydrogen) atoms. The Morgan fingerprint density at radius 3 is 1.08 bits per heavy atom. The van der Waals surface area contributed by atoms with Gasteiger partial charge in [0, 0.05) is 12.8 Å². The quantitative estimate of drug-likeness (QED) is 0.0211. The number of carbonyl (C=O) groups excluding carboxylic acids is 2. The molecule has 9 nitrogen and oxygen atoms in total. The predicted molar refractivity (Wildman–Crippen MR) is 336 cm³/mol. The number of unbranched alkanes of at least 4 members (excludes halogenated alkanes) is 25. The lowest BCUT2D eigenvalue weighted by Gasteiger charge is -2.25. The van der Waals surface area contributed by atoms with E-state index in [9.17, 15) is 19.5 Å². The Hall–Kier alpha value is -4.05. The van der Waals surface area contributed by atoms with Gasteiger partial charge in [0.25, 0.3) is 6.29 Å². The maximum absolute atomic E-state index is 12.9. The first-order valence-corrected chi connectivity index (χ1v) is 32.1. The molecule has 0 aromatic heterocycles. The molecule has 1 N–H and O–H groups in total. The summed E-state index contributed by atoms with van der Waals surface area (Å²) in [6.45, 7) is 4.74. The largest absolute Gasteiger partial charge is 0.477 e. The summed E-state index contributed by atoms with van der Waals surface area (Å²) in [5.41, 5.74) is 0. The van der Waals surface area contributed by atoms with Crippen molar-refractivity contribution in [1.82, 2.24) is 0 Å². The van der Waals surface area contributed by atoms with Crippen LogP contribution in [-0.2, 0) is 33.3 Å². The van der Waals surface area contributed by atoms with Crippen LogP contribution >= 0.6 is 0 Å². The molecule has 0 bridgehead atoms. The van der Waals surface area contributed by atoms with E-state index < -0.39 is 24.3 Å². The summed E-state index contributed by atoms with van der Waals surface area (Å²) in [6.07, 6.45) is 80.3. The number of ether oxygens (including phenoxy) is 4. The fraction of sp³-hybridized carbons (Fsp3) is 0.700. The van der Waals surface area contributed by atoms with Crippen molar-refractivity contribution < 1.29 is 42.9 Å². The normalized spacial score (nSPS) is 13.5. The van der Waals surface area contributed by atoms with Gasteiger partial charge in [-0.1, -0.05) is 252 Å². The minimum Gasteiger partial charge on any atom is -0.477 e. The van der Waals surface area contributed by atoms with Crippen molar-refractivity contribution in [3.05, 3.63) is 109 Å². The van der Waals surface area contributed by atoms with Crippen LogP contribution in [0.15, 0.2) is 109 Å². The zero-order valence-electron chi connectivity index (χ0n) is 51.5. The Morgan fingerprint density at radius 2 is 0.722 bits per heavy atom. The van der Waals surface area contributed by atoms with E-state index in [1.165, 1.54) is 122 Å². The van der Waals surface area contributed by atoms with Crippen molar-refractivity contribution in [2.24, 2.45) is 0 Å². The standard InChI is InChI=1S/C70H119NO8/c1-6-8-10-12-14-16-18-20-22-24-26-28-30-32-34-36-38-40-42-44-46-48-50-52-54-56-58-60-67(72)77-64-66(65-78-70(69(74)75)76-63-62-71(3,4)5)79-68(73)61-59-57-55-53-51-49-47-45-43-41-39-37-35-33-31-29-27-25-23-21-19-17-15-13-11-9-7-2/h9,11,15,17-18,20-21,23-24,26-27,29,33,35,39,41,45,47,66,70H,6-8,10,12-14,16,19,22,25,28,30-32,34,36-38,40,42-44,46,48-65H2,1-5H3/p+1/b11-9-,17-15-,20-18-,23-21-,26-24-,29-27-,35-33-,41-39-,47-45-. The van der Waals surface area contributed by atoms with Gasteiger partial charge in [0.15, 0.2) is 6.10 Å². The third-order valence-corrected chi connectivity index (χ3v) is 13.5. The molecule has 0 aliphatic heterocycles. The summed E-state index contributed by atoms with van der Waals surface area (Å²) >= 11 is 0. The number of carboxylic acids is 1. The van der Waals surface area contributed by atoms with Crippen LogP contribution in [0.5, 0.6) is 0 Å². The van der Waals surface area contributed by atoms with Crippen LogP contribution < -0.4 is 0 Å². The average molecular weight is 1100 g/mol. The van der Waals surface area contributed by atoms with Crippen LogP contribution in [0.4, 0.5) is 0 Å². The van der Waals surface area contributed by atoms with Gasteiger partial charge < -0.3 is 28.5 Å². The molecule has 0 rings (SSSR count). The molecule has 452 valence electrons. The molecule has 0 amide bonds. The van der Waals surface area contributed by atoms with E-state index in [0.717, 1.165) is 103 Å². The zero-order chi connectivity index (χ0) is 57.6. The minimum absolute atomic E-state index is 0.178. The minimum atomic E-state index is -1.52. The second-order valence-corrected chi connectivity index (χ2v) is 22.3. The third kappa shape index (κ3) is 61.4. The topological polar surface area (TPSA) is 108 Å². The molecule has 0 aromatic rings. The summed E-state index contributed by atoms with van der Waals surface area (Å²) in [4.78, 5) is 37.5. The summed E-state index contributed by atoms with van der Waals surface area (Å²) < 4.78 is 22.9. The highest BCUT2D eigenvalue weighted by Gasteiger charge is 2.25. The molecular weight excluding hydrogens is 983 g/mol. The number of carboxylic acid groups (broad SMARTS) is 1. The lowest BCUT2D eigenvalue weighted by atomic mass is 10.0. The molecule has 0 radical (unpaired) electrons. The van der Waals surface area contributed by atoms with Gasteiger partial charge in [0.2, 0.25) is 0 Å². The molecular formula is C70H120NO8+. The Kier molecular flexibility index (Phi) is 57.0. The molecule has 2 atom stereocenters. The van der Waals surface area contributed by atoms with Gasteiger partial charge >= 0.3 is 17.9 Å². The number of carbonyl (C=O) groups is 3. The van der Waals surface area contributed by atoms with E-state index in [-0.39, 0.29) is 32.2 Å². The Balaban J connectivity index is 4.25. The molecule has 0 spiro atoms. The lowest BCUT2D eigenvalue weighted by molar-refractivity contribution is -0.870. The van der Waals surface area contributed by atoms with Crippen molar-refractivity contribution >= 4 is 17.9 Å². The fourth-order valence-electron chi connectivity index (χ4n) is 8.61. The van der Waals surface area contributed by atoms with Crippen LogP contribution in [-0.4, -0.2) is 87.4 Å². The molecule has 0 aromatic carbocycles. The molecule has 0 saturated carbocycles. The Bertz CT molecular complexity index is 1660. The van der Waals surface area contributed by atoms with Gasteiger partial charge in [-0.25, -0.2) is 4.79 Å². The number of hydrogen-bond acceptors (Lipinski definition) is 7. The van der Waals surface area contributed by atoms with Crippen molar-refractivity contribution in [3.8, 4) is 0 Å². The van der Waals surface area contributed by atoms with E-state index in [4.69, 9.17) is 18.9 Å². The molecule has 0 aliphatic rings. The summed E-state index contributed by atoms with van der Waals surface area (Å²) in [6, 6.07) is 0. The van der Waals surface area contributed by atoms with Crippen molar-refractivity contribution in [2.45, 2.75) is 270 Å². The Labute approximate surface area is 485 Å². The first-order valence-electron chi connectivity index (χ1n) is 32.1. The molecule has 0 saturated heterocycles. The lowest BCUT2D eigenvalue weighted by Crippen LogP contribution is -2.40. The zero-order valence-corrected chi connectivity index (χ0v) is 51.5. The summed E-state index contributed by atoms with van der Waals surface area (Å²) in [7, 11) is 5.96. The van der Waals surface area contributed by atoms with E-state index >= 15 is 0 Å². The predicted octanol–water partition coefficient (Wildman–Crippen LogP) is 19.5. The van der Waals surface area contributed by atoms with E-state index in [1.807, 2.05) is 21.1 Å². The van der Waals surface area contributed by atoms with Crippen molar-refractivity contribution in [2.75, 3.05) is 47.5 Å². The van der Waals surface area contributed by atoms with Gasteiger partial charge in [0.05, 0.1) is 34.4 Å². The number of rotatable bonds is 58. The maximum atomic E-state index is 12.9. The highest BCUT2D eigenvalue weighted by Crippen LogP contribution is 2.16. The molecule has 9 heteroatoms. The van der Waals surface area contributed by atoms with Crippen LogP contribution in [0, 0.1) is 0 Å². The van der Waals surface area contributed by atoms with Gasteiger partial charge in [-0.3, -0.25) is 9.59 Å². The Morgan fingerprint density at radius 1 is 0.392 bits per heavy atom. The van der Waals surface area contributed by atoms with Crippen LogP contribution in [0.1, 0.15) is 258 Å². The number of allylic oxidation sites excluding steroid dienone is 18. The SMILES string of the molecule is CC/C=C\C/C=C\C/C=C\C/C=C\C/C=C\C/C=C\C/C=C\CCCCCCCC(=O)OC(COC(=O)CCCCCCCCCCCCCCCCC/C=C\C/C=C\CCCCCCC)COC(OCC[N+](C)(C)C)C(=O)O. The van der Waals surface area contributed by atoms with Crippen LogP contribution in [0.2, 0.25) is 0 Å². The molecule has 0 aliphatic carbocycles. The van der Waals surface area contributed by atoms with Gasteiger partial charge in [-0.15, -0.1) is 0 Å². The summed E-state index contributed by atoms with van der Waals surface area (Å²) in [5, 5.41) is 9.73. The van der Waals surface area contributed by atoms with Gasteiger partial charge in [-0.05, 0) is 103 Å². The number of nitrogens with zero attached hydrogens (tertiary/aromatic N) is 1. The number of aliphatic carboxylic acids is 1. The monoisotopic (exact) mass is 1100 g/mol. The van der Waals surface area contributed by atoms with E-state index in [0.29, 0.717) is 23.9 Å². The number of hydrogen-bond donors (Lipinski definition) is 1. The molecule has 0 fully saturated rings. The first-order chi connectivity index (χ1) is 38.6. The molecule has 0 heterocycles. The van der Waals surface area contributed by atoms with Gasteiger partial charge in [-0.2, -0.15) is 0 Å². The first kappa shape index (κ1) is 75.0. The maximum Gasteiger partial charge on any atom is 0.361 e. The number of quaternary nitrogens is 1. The number of esters is 2. The highest BCUT2D eigenvalue weighted by atomic mass is 16.7. The van der Waals surface area contributed by atoms with E-state index in [1.54, 1.807) is 0 Å².